The first-order valence-electron chi connectivity index (χ1n) is 10.3. The summed E-state index contributed by atoms with van der Waals surface area (Å²) in [5.41, 5.74) is 2.13. The third-order valence-electron chi connectivity index (χ3n) is 5.98. The molecular formula is C24H23NO5S. The molecule has 7 heteroatoms. The monoisotopic (exact) mass is 437 g/mol. The molecule has 6 nitrogen and oxygen atoms in total. The fraction of sp³-hybridized carbons (Fsp3) is 0.333. The van der Waals surface area contributed by atoms with Crippen LogP contribution < -0.4 is 0 Å². The van der Waals surface area contributed by atoms with Gasteiger partial charge in [-0.2, -0.15) is 0 Å². The highest BCUT2D eigenvalue weighted by atomic mass is 32.1. The molecule has 2 bridgehead atoms. The van der Waals surface area contributed by atoms with Crippen LogP contribution in [0.2, 0.25) is 0 Å². The smallest absolute Gasteiger partial charge is 0.325 e. The Morgan fingerprint density at radius 3 is 2.48 bits per heavy atom. The van der Waals surface area contributed by atoms with Gasteiger partial charge in [0.25, 0.3) is 5.91 Å². The molecule has 0 unspecified atom stereocenters. The molecule has 4 atom stereocenters. The van der Waals surface area contributed by atoms with E-state index in [0.29, 0.717) is 4.88 Å². The molecule has 3 aromatic rings. The average molecular weight is 438 g/mol. The molecule has 31 heavy (non-hydrogen) atoms. The molecule has 1 aromatic heterocycles. The Kier molecular flexibility index (Phi) is 5.25. The Hall–Kier alpha value is -2.74. The van der Waals surface area contributed by atoms with Gasteiger partial charge in [0, 0.05) is 11.8 Å². The number of hydrogen-bond acceptors (Lipinski definition) is 6. The Balaban J connectivity index is 1.54. The standard InChI is InChI=1S/C24H23NO5S/c1-3-29-19(26)13-25(24(27)18-12-14-8-4-7-11-17(14)31-18)20-21-15-9-5-6-10-16(15)22(30-21)23(20)28-2/h4-12,20-23H,3,13H2,1-2H3/t20-,21+,22-,23+/m1/s1. The molecule has 0 radical (unpaired) electrons. The Labute approximate surface area is 184 Å². The number of carbonyl (C=O) groups is 2. The molecule has 0 spiro atoms. The summed E-state index contributed by atoms with van der Waals surface area (Å²) in [6.45, 7) is 1.86. The lowest BCUT2D eigenvalue weighted by atomic mass is 9.85. The van der Waals surface area contributed by atoms with Gasteiger partial charge in [-0.1, -0.05) is 42.5 Å². The number of methoxy groups -OCH3 is 1. The van der Waals surface area contributed by atoms with Gasteiger partial charge in [-0.15, -0.1) is 11.3 Å². The second kappa shape index (κ2) is 8.07. The molecule has 3 heterocycles. The van der Waals surface area contributed by atoms with E-state index in [2.05, 4.69) is 0 Å². The van der Waals surface area contributed by atoms with Gasteiger partial charge in [0.1, 0.15) is 24.9 Å². The minimum Gasteiger partial charge on any atom is -0.465 e. The van der Waals surface area contributed by atoms with Crippen molar-refractivity contribution < 1.29 is 23.8 Å². The normalized spacial score (nSPS) is 23.7. The first-order chi connectivity index (χ1) is 15.1. The molecule has 0 aliphatic carbocycles. The largest absolute Gasteiger partial charge is 0.465 e. The summed E-state index contributed by atoms with van der Waals surface area (Å²) in [7, 11) is 1.62. The van der Waals surface area contributed by atoms with Gasteiger partial charge in [-0.3, -0.25) is 9.59 Å². The molecule has 2 aliphatic rings. The van der Waals surface area contributed by atoms with Crippen LogP contribution in [0.1, 0.15) is 39.9 Å². The van der Waals surface area contributed by atoms with Gasteiger partial charge >= 0.3 is 5.97 Å². The van der Waals surface area contributed by atoms with Crippen molar-refractivity contribution >= 4 is 33.3 Å². The number of nitrogens with zero attached hydrogens (tertiary/aromatic N) is 1. The van der Waals surface area contributed by atoms with Crippen molar-refractivity contribution in [2.24, 2.45) is 0 Å². The van der Waals surface area contributed by atoms with Crippen LogP contribution in [-0.4, -0.2) is 49.2 Å². The molecule has 0 saturated carbocycles. The van der Waals surface area contributed by atoms with Gasteiger partial charge in [0.05, 0.1) is 17.5 Å². The predicted molar refractivity (Wildman–Crippen MR) is 117 cm³/mol. The summed E-state index contributed by atoms with van der Waals surface area (Å²) in [5, 5.41) is 1.00. The number of rotatable bonds is 6. The zero-order valence-electron chi connectivity index (χ0n) is 17.3. The summed E-state index contributed by atoms with van der Waals surface area (Å²) in [6, 6.07) is 17.3. The van der Waals surface area contributed by atoms with Crippen LogP contribution in [-0.2, 0) is 19.0 Å². The lowest BCUT2D eigenvalue weighted by Gasteiger charge is -2.36. The van der Waals surface area contributed by atoms with E-state index in [0.717, 1.165) is 21.2 Å². The minimum atomic E-state index is -0.442. The number of fused-ring (bicyclic) bond motifs is 6. The van der Waals surface area contributed by atoms with Gasteiger partial charge in [-0.05, 0) is 35.6 Å². The lowest BCUT2D eigenvalue weighted by Crippen LogP contribution is -2.51. The Morgan fingerprint density at radius 2 is 1.77 bits per heavy atom. The second-order valence-corrected chi connectivity index (χ2v) is 8.77. The highest BCUT2D eigenvalue weighted by Crippen LogP contribution is 2.53. The van der Waals surface area contributed by atoms with Crippen LogP contribution in [0.15, 0.2) is 54.6 Å². The Morgan fingerprint density at radius 1 is 1.06 bits per heavy atom. The first-order valence-corrected chi connectivity index (χ1v) is 11.2. The summed E-state index contributed by atoms with van der Waals surface area (Å²) in [4.78, 5) is 28.3. The van der Waals surface area contributed by atoms with Crippen LogP contribution in [0.25, 0.3) is 10.1 Å². The number of thiophene rings is 1. The maximum atomic E-state index is 13.7. The van der Waals surface area contributed by atoms with Crippen molar-refractivity contribution in [1.29, 1.82) is 0 Å². The van der Waals surface area contributed by atoms with E-state index in [1.54, 1.807) is 18.9 Å². The van der Waals surface area contributed by atoms with E-state index in [1.807, 2.05) is 54.6 Å². The molecule has 1 saturated heterocycles. The van der Waals surface area contributed by atoms with Crippen LogP contribution >= 0.6 is 11.3 Å². The fourth-order valence-electron chi connectivity index (χ4n) is 4.69. The van der Waals surface area contributed by atoms with Crippen LogP contribution in [0, 0.1) is 0 Å². The fourth-order valence-corrected chi connectivity index (χ4v) is 5.71. The SMILES string of the molecule is CCOC(=O)CN(C(=O)c1cc2ccccc2s1)[C@H]1[C@H](OC)[C@@H]2O[C@H]1c1ccccc12. The lowest BCUT2D eigenvalue weighted by molar-refractivity contribution is -0.145. The van der Waals surface area contributed by atoms with Gasteiger partial charge in [0.15, 0.2) is 0 Å². The van der Waals surface area contributed by atoms with Crippen molar-refractivity contribution in [2.75, 3.05) is 20.3 Å². The highest BCUT2D eigenvalue weighted by Gasteiger charge is 2.56. The summed E-state index contributed by atoms with van der Waals surface area (Å²) < 4.78 is 18.3. The van der Waals surface area contributed by atoms with Crippen molar-refractivity contribution in [2.45, 2.75) is 31.3 Å². The molecule has 1 fully saturated rings. The van der Waals surface area contributed by atoms with E-state index in [9.17, 15) is 9.59 Å². The summed E-state index contributed by atoms with van der Waals surface area (Å²) >= 11 is 1.42. The number of carbonyl (C=O) groups excluding carboxylic acids is 2. The third-order valence-corrected chi connectivity index (χ3v) is 7.09. The molecule has 2 aromatic carbocycles. The maximum Gasteiger partial charge on any atom is 0.325 e. The van der Waals surface area contributed by atoms with E-state index in [4.69, 9.17) is 14.2 Å². The molecule has 5 rings (SSSR count). The van der Waals surface area contributed by atoms with E-state index < -0.39 is 12.0 Å². The minimum absolute atomic E-state index is 0.153. The van der Waals surface area contributed by atoms with E-state index in [1.165, 1.54) is 11.3 Å². The summed E-state index contributed by atoms with van der Waals surface area (Å²) in [6.07, 6.45) is -0.984. The van der Waals surface area contributed by atoms with Gasteiger partial charge in [0.2, 0.25) is 0 Å². The number of esters is 1. The van der Waals surface area contributed by atoms with Crippen LogP contribution in [0.5, 0.6) is 0 Å². The van der Waals surface area contributed by atoms with Crippen molar-refractivity contribution in [1.82, 2.24) is 4.90 Å². The zero-order chi connectivity index (χ0) is 21.5. The van der Waals surface area contributed by atoms with Crippen molar-refractivity contribution in [3.8, 4) is 0 Å². The number of hydrogen-bond donors (Lipinski definition) is 0. The maximum absolute atomic E-state index is 13.7. The number of benzene rings is 2. The molecule has 0 N–H and O–H groups in total. The number of ether oxygens (including phenoxy) is 3. The highest BCUT2D eigenvalue weighted by molar-refractivity contribution is 7.20. The van der Waals surface area contributed by atoms with Crippen LogP contribution in [0.4, 0.5) is 0 Å². The van der Waals surface area contributed by atoms with Gasteiger partial charge in [-0.25, -0.2) is 0 Å². The van der Waals surface area contributed by atoms with Gasteiger partial charge < -0.3 is 19.1 Å². The quantitative estimate of drug-likeness (QED) is 0.543. The second-order valence-electron chi connectivity index (χ2n) is 7.68. The molecular weight excluding hydrogens is 414 g/mol. The summed E-state index contributed by atoms with van der Waals surface area (Å²) in [5.74, 6) is -0.655. The van der Waals surface area contributed by atoms with Crippen molar-refractivity contribution in [3.05, 3.63) is 70.6 Å². The molecule has 1 amide bonds. The predicted octanol–water partition coefficient (Wildman–Crippen LogP) is 4.12. The average Bonchev–Trinajstić information content (AvgIpc) is 3.48. The zero-order valence-corrected chi connectivity index (χ0v) is 18.1. The topological polar surface area (TPSA) is 65.1 Å². The molecule has 2 aliphatic heterocycles. The Bertz CT molecular complexity index is 1110. The first kappa shape index (κ1) is 20.2. The third kappa shape index (κ3) is 3.33. The van der Waals surface area contributed by atoms with Crippen LogP contribution in [0.3, 0.4) is 0 Å². The van der Waals surface area contributed by atoms with E-state index in [-0.39, 0.29) is 37.4 Å². The van der Waals surface area contributed by atoms with Crippen molar-refractivity contribution in [3.63, 3.8) is 0 Å². The van der Waals surface area contributed by atoms with E-state index >= 15 is 0 Å². The number of amides is 1. The molecule has 160 valence electrons.